The summed E-state index contributed by atoms with van der Waals surface area (Å²) in [5.41, 5.74) is 0. The first-order valence-electron chi connectivity index (χ1n) is 7.25. The molecule has 2 aliphatic heterocycles. The quantitative estimate of drug-likeness (QED) is 0.659. The van der Waals surface area contributed by atoms with Gasteiger partial charge in [-0.15, -0.1) is 0 Å². The Morgan fingerprint density at radius 2 is 2.00 bits per heavy atom. The van der Waals surface area contributed by atoms with Gasteiger partial charge in [0.1, 0.15) is 6.04 Å². The molecular formula is C13H23N3O4. The fraction of sp³-hybridized carbons (Fsp3) is 0.846. The maximum absolute atomic E-state index is 12.2. The molecule has 3 N–H and O–H groups in total. The monoisotopic (exact) mass is 285 g/mol. The number of fused-ring (bicyclic) bond motifs is 1. The summed E-state index contributed by atoms with van der Waals surface area (Å²) >= 11 is 0. The number of aliphatic carboxylic acids is 1. The summed E-state index contributed by atoms with van der Waals surface area (Å²) in [7, 11) is 0. The first-order valence-corrected chi connectivity index (χ1v) is 7.25. The third-order valence-electron chi connectivity index (χ3n) is 4.10. The van der Waals surface area contributed by atoms with Gasteiger partial charge in [-0.2, -0.15) is 0 Å². The highest BCUT2D eigenvalue weighted by atomic mass is 16.4. The fourth-order valence-corrected chi connectivity index (χ4v) is 3.02. The molecule has 7 nitrogen and oxygen atoms in total. The van der Waals surface area contributed by atoms with E-state index in [1.807, 2.05) is 0 Å². The van der Waals surface area contributed by atoms with E-state index in [4.69, 9.17) is 10.2 Å². The van der Waals surface area contributed by atoms with Crippen molar-refractivity contribution in [2.45, 2.75) is 37.8 Å². The first kappa shape index (κ1) is 15.1. The van der Waals surface area contributed by atoms with E-state index in [9.17, 15) is 9.59 Å². The molecule has 2 heterocycles. The smallest absolute Gasteiger partial charge is 0.326 e. The van der Waals surface area contributed by atoms with Crippen molar-refractivity contribution in [3.8, 4) is 0 Å². The molecule has 2 aliphatic rings. The number of carbonyl (C=O) groups is 2. The summed E-state index contributed by atoms with van der Waals surface area (Å²) in [5, 5.41) is 20.4. The molecule has 2 atom stereocenters. The zero-order valence-corrected chi connectivity index (χ0v) is 11.6. The van der Waals surface area contributed by atoms with E-state index in [1.54, 1.807) is 4.90 Å². The molecular weight excluding hydrogens is 262 g/mol. The highest BCUT2D eigenvalue weighted by molar-refractivity contribution is 5.82. The largest absolute Gasteiger partial charge is 0.480 e. The van der Waals surface area contributed by atoms with Gasteiger partial charge in [-0.1, -0.05) is 0 Å². The number of hydrogen-bond acceptors (Lipinski definition) is 4. The van der Waals surface area contributed by atoms with Crippen molar-refractivity contribution in [3.05, 3.63) is 0 Å². The maximum atomic E-state index is 12.2. The van der Waals surface area contributed by atoms with Gasteiger partial charge in [0.25, 0.3) is 0 Å². The highest BCUT2D eigenvalue weighted by Crippen LogP contribution is 2.21. The van der Waals surface area contributed by atoms with Crippen LogP contribution in [0.25, 0.3) is 0 Å². The number of carboxylic acid groups (broad SMARTS) is 1. The Bertz CT molecular complexity index is 364. The van der Waals surface area contributed by atoms with E-state index in [1.165, 1.54) is 6.42 Å². The fourth-order valence-electron chi connectivity index (χ4n) is 3.02. The lowest BCUT2D eigenvalue weighted by molar-refractivity contribution is -0.139. The van der Waals surface area contributed by atoms with Gasteiger partial charge in [-0.05, 0) is 25.8 Å². The van der Waals surface area contributed by atoms with Gasteiger partial charge in [0.2, 0.25) is 0 Å². The number of carbonyl (C=O) groups excluding carboxylic acids is 1. The second kappa shape index (κ2) is 6.90. The molecule has 114 valence electrons. The van der Waals surface area contributed by atoms with Crippen molar-refractivity contribution < 1.29 is 19.8 Å². The normalized spacial score (nSPS) is 24.9. The summed E-state index contributed by atoms with van der Waals surface area (Å²) in [6, 6.07) is -0.945. The average Bonchev–Trinajstić information content (AvgIpc) is 2.75. The number of rotatable bonds is 4. The third kappa shape index (κ3) is 3.61. The van der Waals surface area contributed by atoms with Crippen molar-refractivity contribution in [3.63, 3.8) is 0 Å². The van der Waals surface area contributed by atoms with E-state index >= 15 is 0 Å². The van der Waals surface area contributed by atoms with E-state index in [0.29, 0.717) is 19.1 Å². The zero-order chi connectivity index (χ0) is 14.5. The van der Waals surface area contributed by atoms with Crippen molar-refractivity contribution in [1.29, 1.82) is 0 Å². The van der Waals surface area contributed by atoms with Crippen LogP contribution in [0.3, 0.4) is 0 Å². The molecule has 0 radical (unpaired) electrons. The molecule has 0 aromatic rings. The molecule has 2 fully saturated rings. The third-order valence-corrected chi connectivity index (χ3v) is 4.10. The zero-order valence-electron chi connectivity index (χ0n) is 11.6. The Hall–Kier alpha value is -1.34. The lowest BCUT2D eigenvalue weighted by Gasteiger charge is -2.27. The Morgan fingerprint density at radius 1 is 1.25 bits per heavy atom. The Labute approximate surface area is 118 Å². The summed E-state index contributed by atoms with van der Waals surface area (Å²) in [6.45, 7) is 3.17. The molecule has 0 aromatic carbocycles. The Morgan fingerprint density at radius 3 is 2.70 bits per heavy atom. The number of carboxylic acids is 1. The Kier molecular flexibility index (Phi) is 5.19. The molecule has 1 unspecified atom stereocenters. The van der Waals surface area contributed by atoms with Crippen LogP contribution in [0.4, 0.5) is 4.79 Å². The number of amides is 2. The van der Waals surface area contributed by atoms with Crippen LogP contribution < -0.4 is 5.32 Å². The predicted molar refractivity (Wildman–Crippen MR) is 72.4 cm³/mol. The molecule has 0 spiro atoms. The van der Waals surface area contributed by atoms with Crippen LogP contribution in [0.15, 0.2) is 0 Å². The summed E-state index contributed by atoms with van der Waals surface area (Å²) < 4.78 is 0. The van der Waals surface area contributed by atoms with Gasteiger partial charge in [-0.3, -0.25) is 4.90 Å². The van der Waals surface area contributed by atoms with Gasteiger partial charge in [0, 0.05) is 38.7 Å². The molecule has 0 aromatic heterocycles. The van der Waals surface area contributed by atoms with Crippen molar-refractivity contribution in [1.82, 2.24) is 15.1 Å². The van der Waals surface area contributed by atoms with Crippen LogP contribution in [0.5, 0.6) is 0 Å². The summed E-state index contributed by atoms with van der Waals surface area (Å²) in [5.74, 6) is -1.11. The average molecular weight is 285 g/mol. The first-order chi connectivity index (χ1) is 9.61. The van der Waals surface area contributed by atoms with Crippen LogP contribution in [0.1, 0.15) is 25.7 Å². The molecule has 0 aliphatic carbocycles. The number of aliphatic hydroxyl groups excluding tert-OH is 1. The molecule has 2 rings (SSSR count). The number of nitrogens with one attached hydrogen (secondary N) is 1. The number of aliphatic hydroxyl groups is 1. The summed E-state index contributed by atoms with van der Waals surface area (Å²) in [4.78, 5) is 27.3. The molecule has 7 heteroatoms. The second-order valence-electron chi connectivity index (χ2n) is 5.48. The minimum Gasteiger partial charge on any atom is -0.480 e. The minimum atomic E-state index is -1.11. The van der Waals surface area contributed by atoms with Crippen LogP contribution in [-0.4, -0.2) is 76.9 Å². The Balaban J connectivity index is 1.92. The molecule has 0 bridgehead atoms. The lowest BCUT2D eigenvalue weighted by atomic mass is 10.2. The number of hydrogen-bond donors (Lipinski definition) is 3. The molecule has 2 saturated heterocycles. The topological polar surface area (TPSA) is 93.1 Å². The van der Waals surface area contributed by atoms with Crippen LogP contribution in [0, 0.1) is 0 Å². The van der Waals surface area contributed by atoms with Gasteiger partial charge in [0.05, 0.1) is 0 Å². The van der Waals surface area contributed by atoms with E-state index in [0.717, 1.165) is 25.9 Å². The van der Waals surface area contributed by atoms with E-state index in [2.05, 4.69) is 10.2 Å². The van der Waals surface area contributed by atoms with Gasteiger partial charge < -0.3 is 20.4 Å². The summed E-state index contributed by atoms with van der Waals surface area (Å²) in [6.07, 6.45) is 3.22. The second-order valence-corrected chi connectivity index (χ2v) is 5.48. The van der Waals surface area contributed by atoms with E-state index in [-0.39, 0.29) is 19.1 Å². The van der Waals surface area contributed by atoms with Gasteiger partial charge in [-0.25, -0.2) is 9.59 Å². The van der Waals surface area contributed by atoms with Crippen molar-refractivity contribution in [2.75, 3.05) is 32.8 Å². The standard InChI is InChI=1S/C13H23N3O4/c17-8-4-11(12(18)19)14-13(20)16-7-2-6-15-5-1-3-10(15)9-16/h10-11,17H,1-9H2,(H,14,20)(H,18,19)/t10?,11-/m0/s1. The predicted octanol–water partition coefficient (Wildman–Crippen LogP) is -0.298. The van der Waals surface area contributed by atoms with Crippen molar-refractivity contribution in [2.24, 2.45) is 0 Å². The van der Waals surface area contributed by atoms with Gasteiger partial charge >= 0.3 is 12.0 Å². The molecule has 2 amide bonds. The number of nitrogens with zero attached hydrogens (tertiary/aromatic N) is 2. The van der Waals surface area contributed by atoms with E-state index < -0.39 is 12.0 Å². The highest BCUT2D eigenvalue weighted by Gasteiger charge is 2.31. The van der Waals surface area contributed by atoms with Crippen LogP contribution >= 0.6 is 0 Å². The van der Waals surface area contributed by atoms with Crippen LogP contribution in [-0.2, 0) is 4.79 Å². The van der Waals surface area contributed by atoms with Crippen molar-refractivity contribution >= 4 is 12.0 Å². The molecule has 0 saturated carbocycles. The van der Waals surface area contributed by atoms with Crippen LogP contribution in [0.2, 0.25) is 0 Å². The SMILES string of the molecule is O=C(O)[C@H](CCO)NC(=O)N1CCCN2CCCC2C1. The van der Waals surface area contributed by atoms with Gasteiger partial charge in [0.15, 0.2) is 0 Å². The number of urea groups is 1. The lowest BCUT2D eigenvalue weighted by Crippen LogP contribution is -2.50. The molecule has 20 heavy (non-hydrogen) atoms. The maximum Gasteiger partial charge on any atom is 0.326 e. The minimum absolute atomic E-state index is 0.0322.